The zero-order valence-corrected chi connectivity index (χ0v) is 27.4. The van der Waals surface area contributed by atoms with E-state index in [1.54, 1.807) is 48.7 Å². The van der Waals surface area contributed by atoms with Gasteiger partial charge in [-0.1, -0.05) is 43.2 Å². The molecule has 1 aliphatic carbocycles. The van der Waals surface area contributed by atoms with Crippen LogP contribution in [0.4, 0.5) is 4.39 Å². The lowest BCUT2D eigenvalue weighted by atomic mass is 9.80. The van der Waals surface area contributed by atoms with Gasteiger partial charge in [0.2, 0.25) is 0 Å². The molecule has 2 N–H and O–H groups in total. The van der Waals surface area contributed by atoms with E-state index in [4.69, 9.17) is 9.47 Å². The highest BCUT2D eigenvalue weighted by Crippen LogP contribution is 2.41. The van der Waals surface area contributed by atoms with Crippen LogP contribution in [0.3, 0.4) is 0 Å². The van der Waals surface area contributed by atoms with Crippen molar-refractivity contribution in [2.45, 2.75) is 49.8 Å². The monoisotopic (exact) mass is 674 g/mol. The van der Waals surface area contributed by atoms with Crippen LogP contribution in [0.5, 0.6) is 5.75 Å². The Morgan fingerprint density at radius 1 is 1.15 bits per heavy atom. The Morgan fingerprint density at radius 3 is 2.72 bits per heavy atom. The summed E-state index contributed by atoms with van der Waals surface area (Å²) < 4.78 is 29.7. The van der Waals surface area contributed by atoms with Gasteiger partial charge in [0.1, 0.15) is 5.60 Å². The third-order valence-corrected chi connectivity index (χ3v) is 8.74. The van der Waals surface area contributed by atoms with Crippen molar-refractivity contribution in [3.05, 3.63) is 84.8 Å². The van der Waals surface area contributed by atoms with Gasteiger partial charge in [0.05, 0.1) is 37.0 Å². The number of aromatic nitrogens is 4. The third-order valence-electron chi connectivity index (χ3n) is 8.74. The fourth-order valence-corrected chi connectivity index (χ4v) is 6.55. The fraction of sp³-hybridized carbons (Fsp3) is 0.424. The summed E-state index contributed by atoms with van der Waals surface area (Å²) in [7, 11) is 1.60. The van der Waals surface area contributed by atoms with Crippen LogP contribution >= 0.6 is 24.8 Å². The minimum atomic E-state index is -1.06. The maximum absolute atomic E-state index is 14.8. The minimum Gasteiger partial charge on any atom is -0.490 e. The van der Waals surface area contributed by atoms with Gasteiger partial charge in [-0.05, 0) is 31.0 Å². The molecule has 0 unspecified atom stereocenters. The first-order valence-corrected chi connectivity index (χ1v) is 15.3. The first-order chi connectivity index (χ1) is 21.5. The van der Waals surface area contributed by atoms with E-state index in [9.17, 15) is 14.3 Å². The Balaban J connectivity index is 0.00000240. The van der Waals surface area contributed by atoms with Gasteiger partial charge >= 0.3 is 0 Å². The minimum absolute atomic E-state index is 0. The smallest absolute Gasteiger partial charge is 0.275 e. The van der Waals surface area contributed by atoms with E-state index in [-0.39, 0.29) is 61.8 Å². The van der Waals surface area contributed by atoms with Gasteiger partial charge in [-0.3, -0.25) is 4.79 Å². The van der Waals surface area contributed by atoms with Crippen molar-refractivity contribution in [2.24, 2.45) is 0 Å². The number of benzene rings is 2. The van der Waals surface area contributed by atoms with E-state index in [1.165, 1.54) is 6.07 Å². The van der Waals surface area contributed by atoms with Gasteiger partial charge in [0.25, 0.3) is 5.91 Å². The fourth-order valence-electron chi connectivity index (χ4n) is 6.55. The van der Waals surface area contributed by atoms with Crippen LogP contribution in [-0.2, 0) is 4.74 Å². The molecule has 6 rings (SSSR count). The number of nitrogens with zero attached hydrogens (tertiary/aromatic N) is 5. The maximum atomic E-state index is 14.8. The van der Waals surface area contributed by atoms with Gasteiger partial charge < -0.3 is 29.4 Å². The number of piperazine rings is 1. The molecule has 2 aromatic carbocycles. The lowest BCUT2D eigenvalue weighted by Gasteiger charge is -2.41. The van der Waals surface area contributed by atoms with Crippen molar-refractivity contribution in [2.75, 3.05) is 40.0 Å². The number of ether oxygens (including phenoxy) is 2. The van der Waals surface area contributed by atoms with Gasteiger partial charge in [0, 0.05) is 63.2 Å². The number of methoxy groups -OCH3 is 1. The number of hydrogen-bond donors (Lipinski definition) is 2. The van der Waals surface area contributed by atoms with E-state index in [0.29, 0.717) is 49.6 Å². The lowest BCUT2D eigenvalue weighted by molar-refractivity contribution is -0.0893. The summed E-state index contributed by atoms with van der Waals surface area (Å²) in [6.45, 7) is 2.20. The van der Waals surface area contributed by atoms with Crippen LogP contribution < -0.4 is 10.1 Å². The number of carbonyl (C=O) groups is 1. The second-order valence-corrected chi connectivity index (χ2v) is 11.6. The Bertz CT molecular complexity index is 1550. The van der Waals surface area contributed by atoms with Crippen molar-refractivity contribution >= 4 is 30.7 Å². The molecule has 1 saturated heterocycles. The average Bonchev–Trinajstić information content (AvgIpc) is 3.74. The molecular weight excluding hydrogens is 634 g/mol. The first-order valence-electron chi connectivity index (χ1n) is 15.3. The number of amides is 1. The average molecular weight is 676 g/mol. The Kier molecular flexibility index (Phi) is 12.2. The normalized spacial score (nSPS) is 21.2. The summed E-state index contributed by atoms with van der Waals surface area (Å²) in [6, 6.07) is 15.8. The number of rotatable bonds is 10. The summed E-state index contributed by atoms with van der Waals surface area (Å²) in [6.07, 6.45) is 8.86. The van der Waals surface area contributed by atoms with Gasteiger partial charge in [-0.25, -0.2) is 14.1 Å². The zero-order chi connectivity index (χ0) is 30.5. The molecule has 0 bridgehead atoms. The van der Waals surface area contributed by atoms with Crippen molar-refractivity contribution in [1.29, 1.82) is 0 Å². The molecule has 13 heteroatoms. The van der Waals surface area contributed by atoms with E-state index in [0.717, 1.165) is 24.8 Å². The highest BCUT2D eigenvalue weighted by Gasteiger charge is 2.42. The number of carbonyl (C=O) groups excluding carboxylic acids is 1. The van der Waals surface area contributed by atoms with E-state index < -0.39 is 11.4 Å². The van der Waals surface area contributed by atoms with Crippen molar-refractivity contribution < 1.29 is 23.8 Å². The van der Waals surface area contributed by atoms with E-state index >= 15 is 0 Å². The highest BCUT2D eigenvalue weighted by atomic mass is 35.5. The maximum Gasteiger partial charge on any atom is 0.275 e. The number of imidazole rings is 1. The Labute approximate surface area is 280 Å². The first kappa shape index (κ1) is 35.4. The second-order valence-electron chi connectivity index (χ2n) is 11.6. The SMILES string of the molecule is COC[C@]1(O)CCCC[C@H]1n1cnc(C(=O)N2CCNC[C@H]2CCOc2ccc(-n3cccn3)cc2F)c1-c1ccccc1.Cl.Cl. The predicted octanol–water partition coefficient (Wildman–Crippen LogP) is 5.09. The number of hydrogen-bond acceptors (Lipinski definition) is 7. The molecule has 3 heterocycles. The molecule has 3 atom stereocenters. The van der Waals surface area contributed by atoms with Gasteiger partial charge in [0.15, 0.2) is 17.3 Å². The molecule has 2 aromatic heterocycles. The molecule has 1 saturated carbocycles. The molecule has 2 aliphatic rings. The number of aliphatic hydroxyl groups is 1. The molecular formula is C33H41Cl2FN6O4. The van der Waals surface area contributed by atoms with Crippen LogP contribution in [0.15, 0.2) is 73.3 Å². The van der Waals surface area contributed by atoms with E-state index in [2.05, 4.69) is 15.4 Å². The molecule has 248 valence electrons. The van der Waals surface area contributed by atoms with Crippen molar-refractivity contribution in [3.63, 3.8) is 0 Å². The third kappa shape index (κ3) is 7.39. The lowest BCUT2D eigenvalue weighted by Crippen LogP contribution is -2.54. The Morgan fingerprint density at radius 2 is 1.98 bits per heavy atom. The summed E-state index contributed by atoms with van der Waals surface area (Å²) in [5, 5.41) is 19.2. The van der Waals surface area contributed by atoms with Crippen LogP contribution in [0.25, 0.3) is 16.9 Å². The van der Waals surface area contributed by atoms with Crippen LogP contribution in [0.2, 0.25) is 0 Å². The van der Waals surface area contributed by atoms with Crippen LogP contribution in [0, 0.1) is 5.82 Å². The topological polar surface area (TPSA) is 107 Å². The summed E-state index contributed by atoms with van der Waals surface area (Å²) >= 11 is 0. The molecule has 46 heavy (non-hydrogen) atoms. The Hall–Kier alpha value is -3.48. The largest absolute Gasteiger partial charge is 0.490 e. The van der Waals surface area contributed by atoms with Gasteiger partial charge in [-0.2, -0.15) is 5.10 Å². The summed E-state index contributed by atoms with van der Waals surface area (Å²) in [5.74, 6) is -0.486. The highest BCUT2D eigenvalue weighted by molar-refractivity contribution is 5.98. The van der Waals surface area contributed by atoms with Crippen LogP contribution in [0.1, 0.15) is 48.6 Å². The van der Waals surface area contributed by atoms with Gasteiger partial charge in [-0.15, -0.1) is 24.8 Å². The molecule has 0 spiro atoms. The molecule has 0 radical (unpaired) electrons. The standard InChI is InChI=1S/C33H39FN6O4.2ClH/c1-43-22-33(42)14-6-5-10-29(33)39-23-36-30(31(39)24-8-3-2-4-9-24)32(41)38-18-16-35-21-26(38)13-19-44-28-12-11-25(20-27(28)34)40-17-7-15-37-40;;/h2-4,7-9,11-12,15,17,20,23,26,29,35,42H,5-6,10,13-14,16,18-19,21-22H2,1H3;2*1H/t26-,29-,33-;;/m1../s1. The number of nitrogens with one attached hydrogen (secondary N) is 1. The van der Waals surface area contributed by atoms with E-state index in [1.807, 2.05) is 39.8 Å². The summed E-state index contributed by atoms with van der Waals surface area (Å²) in [5.41, 5.74) is 1.47. The second kappa shape index (κ2) is 15.9. The van der Waals surface area contributed by atoms with Crippen LogP contribution in [-0.4, -0.2) is 86.8 Å². The predicted molar refractivity (Wildman–Crippen MR) is 178 cm³/mol. The molecule has 10 nitrogen and oxygen atoms in total. The summed E-state index contributed by atoms with van der Waals surface area (Å²) in [4.78, 5) is 20.8. The molecule has 2 fully saturated rings. The quantitative estimate of drug-likeness (QED) is 0.241. The molecule has 1 amide bonds. The molecule has 1 aliphatic heterocycles. The van der Waals surface area contributed by atoms with Crippen molar-refractivity contribution in [3.8, 4) is 22.7 Å². The van der Waals surface area contributed by atoms with Crippen molar-refractivity contribution in [1.82, 2.24) is 29.5 Å². The zero-order valence-electron chi connectivity index (χ0n) is 25.8. The molecule has 4 aromatic rings. The number of halogens is 3.